The minimum atomic E-state index is -4.46. The Kier molecular flexibility index (Phi) is 6.54. The first-order valence-corrected chi connectivity index (χ1v) is 7.70. The van der Waals surface area contributed by atoms with Gasteiger partial charge in [0.05, 0.1) is 11.8 Å². The second kappa shape index (κ2) is 8.84. The Labute approximate surface area is 149 Å². The molecule has 0 aliphatic rings. The monoisotopic (exact) mass is 362 g/mol. The van der Waals surface area contributed by atoms with E-state index in [0.29, 0.717) is 0 Å². The van der Waals surface area contributed by atoms with Crippen LogP contribution in [0.15, 0.2) is 65.3 Å². The summed E-state index contributed by atoms with van der Waals surface area (Å²) in [7, 11) is 0. The van der Waals surface area contributed by atoms with Gasteiger partial charge in [-0.2, -0.15) is 18.3 Å². The van der Waals surface area contributed by atoms with E-state index in [4.69, 9.17) is 4.74 Å². The predicted molar refractivity (Wildman–Crippen MR) is 93.7 cm³/mol. The van der Waals surface area contributed by atoms with Crippen LogP contribution in [0.2, 0.25) is 0 Å². The van der Waals surface area contributed by atoms with Crippen molar-refractivity contribution < 1.29 is 22.7 Å². The number of hydrogen-bond donors (Lipinski definition) is 1. The normalized spacial score (nSPS) is 12.2. The van der Waals surface area contributed by atoms with Gasteiger partial charge in [0.15, 0.2) is 6.61 Å². The highest BCUT2D eigenvalue weighted by molar-refractivity contribution is 5.86. The smallest absolute Gasteiger partial charge is 0.416 e. The molecule has 0 saturated carbocycles. The number of carbonyl (C=O) groups excluding carboxylic acids is 1. The fourth-order valence-electron chi connectivity index (χ4n) is 2.00. The lowest BCUT2D eigenvalue weighted by atomic mass is 10.1. The Morgan fingerprint density at radius 3 is 2.58 bits per heavy atom. The molecule has 0 aliphatic heterocycles. The lowest BCUT2D eigenvalue weighted by Crippen LogP contribution is -2.24. The number of halogens is 3. The molecule has 0 spiro atoms. The van der Waals surface area contributed by atoms with E-state index in [1.807, 2.05) is 43.3 Å². The molecule has 0 heterocycles. The van der Waals surface area contributed by atoms with E-state index in [1.54, 1.807) is 0 Å². The molecule has 0 fully saturated rings. The molecule has 0 bridgehead atoms. The number of allylic oxidation sites excluding steroid dienone is 1. The van der Waals surface area contributed by atoms with E-state index in [2.05, 4.69) is 10.5 Å². The molecule has 1 amide bonds. The SMILES string of the molecule is CC(C=NNC(=O)COc1cccc(C(F)(F)F)c1)=Cc1ccccc1. The van der Waals surface area contributed by atoms with Gasteiger partial charge in [-0.15, -0.1) is 0 Å². The van der Waals surface area contributed by atoms with Crippen molar-refractivity contribution in [3.05, 3.63) is 71.3 Å². The van der Waals surface area contributed by atoms with E-state index < -0.39 is 24.3 Å². The summed E-state index contributed by atoms with van der Waals surface area (Å²) in [6.07, 6.45) is -1.11. The molecule has 0 atom stereocenters. The summed E-state index contributed by atoms with van der Waals surface area (Å²) in [4.78, 5) is 11.6. The number of carbonyl (C=O) groups is 1. The van der Waals surface area contributed by atoms with Gasteiger partial charge >= 0.3 is 6.18 Å². The topological polar surface area (TPSA) is 50.7 Å². The van der Waals surface area contributed by atoms with Gasteiger partial charge in [0.2, 0.25) is 0 Å². The first-order chi connectivity index (χ1) is 12.3. The van der Waals surface area contributed by atoms with Gasteiger partial charge in [0.25, 0.3) is 5.91 Å². The predicted octanol–water partition coefficient (Wildman–Crippen LogP) is 4.29. The van der Waals surface area contributed by atoms with Crippen molar-refractivity contribution in [1.82, 2.24) is 5.43 Å². The van der Waals surface area contributed by atoms with Crippen LogP contribution in [0, 0.1) is 0 Å². The second-order valence-corrected chi connectivity index (χ2v) is 5.41. The molecule has 0 unspecified atom stereocenters. The van der Waals surface area contributed by atoms with E-state index in [1.165, 1.54) is 18.3 Å². The lowest BCUT2D eigenvalue weighted by molar-refractivity contribution is -0.137. The van der Waals surface area contributed by atoms with Gasteiger partial charge in [-0.25, -0.2) is 5.43 Å². The summed E-state index contributed by atoms with van der Waals surface area (Å²) in [6.45, 7) is 1.38. The van der Waals surface area contributed by atoms with Crippen LogP contribution < -0.4 is 10.2 Å². The van der Waals surface area contributed by atoms with E-state index >= 15 is 0 Å². The minimum Gasteiger partial charge on any atom is -0.484 e. The molecular weight excluding hydrogens is 345 g/mol. The summed E-state index contributed by atoms with van der Waals surface area (Å²) < 4.78 is 42.9. The summed E-state index contributed by atoms with van der Waals surface area (Å²) in [5, 5.41) is 3.78. The molecule has 26 heavy (non-hydrogen) atoms. The Morgan fingerprint density at radius 1 is 1.15 bits per heavy atom. The van der Waals surface area contributed by atoms with Crippen LogP contribution in [0.3, 0.4) is 0 Å². The highest BCUT2D eigenvalue weighted by atomic mass is 19.4. The van der Waals surface area contributed by atoms with Crippen molar-refractivity contribution in [2.75, 3.05) is 6.61 Å². The van der Waals surface area contributed by atoms with Gasteiger partial charge < -0.3 is 4.74 Å². The Hall–Kier alpha value is -3.09. The average Bonchev–Trinajstić information content (AvgIpc) is 2.60. The third-order valence-electron chi connectivity index (χ3n) is 3.18. The number of nitrogens with zero attached hydrogens (tertiary/aromatic N) is 1. The van der Waals surface area contributed by atoms with Crippen molar-refractivity contribution in [2.24, 2.45) is 5.10 Å². The number of alkyl halides is 3. The van der Waals surface area contributed by atoms with Crippen molar-refractivity contribution >= 4 is 18.2 Å². The largest absolute Gasteiger partial charge is 0.484 e. The van der Waals surface area contributed by atoms with E-state index in [9.17, 15) is 18.0 Å². The van der Waals surface area contributed by atoms with Crippen molar-refractivity contribution in [3.63, 3.8) is 0 Å². The number of benzene rings is 2. The molecule has 2 aromatic carbocycles. The van der Waals surface area contributed by atoms with Crippen LogP contribution in [0.4, 0.5) is 13.2 Å². The standard InChI is InChI=1S/C19H17F3N2O2/c1-14(10-15-6-3-2-4-7-15)12-23-24-18(25)13-26-17-9-5-8-16(11-17)19(20,21)22/h2-12H,13H2,1H3,(H,24,25). The summed E-state index contributed by atoms with van der Waals surface area (Å²) in [5.74, 6) is -0.620. The van der Waals surface area contributed by atoms with E-state index in [0.717, 1.165) is 23.3 Å². The quantitative estimate of drug-likeness (QED) is 0.616. The number of hydrazone groups is 1. The molecule has 7 heteroatoms. The van der Waals surface area contributed by atoms with Gasteiger partial charge in [-0.1, -0.05) is 42.5 Å². The van der Waals surface area contributed by atoms with Crippen LogP contribution in [0.25, 0.3) is 6.08 Å². The van der Waals surface area contributed by atoms with Crippen LogP contribution in [0.1, 0.15) is 18.1 Å². The Balaban J connectivity index is 1.83. The molecular formula is C19H17F3N2O2. The first-order valence-electron chi connectivity index (χ1n) is 7.70. The average molecular weight is 362 g/mol. The number of ether oxygens (including phenoxy) is 1. The maximum absolute atomic E-state index is 12.6. The molecule has 0 saturated heterocycles. The molecule has 0 aliphatic carbocycles. The number of rotatable bonds is 6. The Bertz CT molecular complexity index is 800. The molecule has 2 aromatic rings. The highest BCUT2D eigenvalue weighted by Gasteiger charge is 2.30. The maximum atomic E-state index is 12.6. The van der Waals surface area contributed by atoms with Crippen molar-refractivity contribution in [3.8, 4) is 5.75 Å². The summed E-state index contributed by atoms with van der Waals surface area (Å²) >= 11 is 0. The third kappa shape index (κ3) is 6.43. The van der Waals surface area contributed by atoms with Crippen molar-refractivity contribution in [1.29, 1.82) is 0 Å². The maximum Gasteiger partial charge on any atom is 0.416 e. The van der Waals surface area contributed by atoms with Gasteiger partial charge in [-0.3, -0.25) is 4.79 Å². The van der Waals surface area contributed by atoms with Gasteiger partial charge in [-0.05, 0) is 36.3 Å². The van der Waals surface area contributed by atoms with Crippen LogP contribution >= 0.6 is 0 Å². The molecule has 0 radical (unpaired) electrons. The highest BCUT2D eigenvalue weighted by Crippen LogP contribution is 2.31. The molecule has 136 valence electrons. The molecule has 0 aromatic heterocycles. The summed E-state index contributed by atoms with van der Waals surface area (Å²) in [5.41, 5.74) is 3.23. The van der Waals surface area contributed by atoms with Crippen LogP contribution in [-0.2, 0) is 11.0 Å². The lowest BCUT2D eigenvalue weighted by Gasteiger charge is -2.09. The van der Waals surface area contributed by atoms with E-state index in [-0.39, 0.29) is 5.75 Å². The first kappa shape index (κ1) is 19.2. The van der Waals surface area contributed by atoms with Gasteiger partial charge in [0.1, 0.15) is 5.75 Å². The minimum absolute atomic E-state index is 0.0425. The number of nitrogens with one attached hydrogen (secondary N) is 1. The third-order valence-corrected chi connectivity index (χ3v) is 3.18. The zero-order valence-electron chi connectivity index (χ0n) is 14.0. The second-order valence-electron chi connectivity index (χ2n) is 5.41. The van der Waals surface area contributed by atoms with Gasteiger partial charge in [0, 0.05) is 0 Å². The fraction of sp³-hybridized carbons (Fsp3) is 0.158. The Morgan fingerprint density at radius 2 is 1.88 bits per heavy atom. The van der Waals surface area contributed by atoms with Crippen molar-refractivity contribution in [2.45, 2.75) is 13.1 Å². The number of hydrogen-bond acceptors (Lipinski definition) is 3. The molecule has 1 N–H and O–H groups in total. The van der Waals surface area contributed by atoms with Crippen LogP contribution in [-0.4, -0.2) is 18.7 Å². The zero-order valence-corrected chi connectivity index (χ0v) is 14.0. The molecule has 2 rings (SSSR count). The summed E-state index contributed by atoms with van der Waals surface area (Å²) in [6, 6.07) is 13.9. The zero-order chi connectivity index (χ0) is 19.0. The molecule has 4 nitrogen and oxygen atoms in total. The fourth-order valence-corrected chi connectivity index (χ4v) is 2.00. The number of amides is 1. The van der Waals surface area contributed by atoms with Crippen LogP contribution in [0.5, 0.6) is 5.75 Å².